The van der Waals surface area contributed by atoms with Crippen LogP contribution < -0.4 is 5.73 Å². The molecule has 0 saturated carbocycles. The number of nitrogens with zero attached hydrogens (tertiary/aromatic N) is 2. The quantitative estimate of drug-likeness (QED) is 0.416. The van der Waals surface area contributed by atoms with Gasteiger partial charge >= 0.3 is 0 Å². The zero-order valence-electron chi connectivity index (χ0n) is 7.16. The van der Waals surface area contributed by atoms with Crippen LogP contribution in [0.5, 0.6) is 0 Å². The molecule has 1 aromatic rings. The highest BCUT2D eigenvalue weighted by Gasteiger charge is 2.06. The van der Waals surface area contributed by atoms with Crippen molar-refractivity contribution < 1.29 is 5.11 Å². The molecule has 13 heavy (non-hydrogen) atoms. The second kappa shape index (κ2) is 4.20. The fraction of sp³-hybridized carbons (Fsp3) is 0.250. The lowest BCUT2D eigenvalue weighted by Crippen LogP contribution is -2.16. The Morgan fingerprint density at radius 3 is 3.00 bits per heavy atom. The molecule has 5 heteroatoms. The Hall–Kier alpha value is -1.13. The number of hydrogen-bond acceptors (Lipinski definition) is 3. The van der Waals surface area contributed by atoms with Crippen LogP contribution in [0.1, 0.15) is 11.1 Å². The molecule has 0 amide bonds. The minimum Gasteiger partial charge on any atom is -0.392 e. The van der Waals surface area contributed by atoms with Crippen molar-refractivity contribution in [3.63, 3.8) is 0 Å². The molecule has 0 bridgehead atoms. The fourth-order valence-corrected chi connectivity index (χ4v) is 1.13. The second-order valence-corrected chi connectivity index (χ2v) is 2.82. The molecular formula is C8H10ClN3O. The molecule has 0 fully saturated rings. The molecule has 0 atom stereocenters. The summed E-state index contributed by atoms with van der Waals surface area (Å²) >= 11 is 5.64. The van der Waals surface area contributed by atoms with E-state index in [1.165, 1.54) is 6.20 Å². The molecule has 1 aromatic heterocycles. The number of nitrogens with two attached hydrogens (primary N) is 1. The van der Waals surface area contributed by atoms with E-state index in [2.05, 4.69) is 9.98 Å². The minimum absolute atomic E-state index is 0.131. The molecule has 0 saturated heterocycles. The molecule has 0 aromatic carbocycles. The van der Waals surface area contributed by atoms with Gasteiger partial charge in [0.25, 0.3) is 0 Å². The van der Waals surface area contributed by atoms with Crippen LogP contribution in [0.4, 0.5) is 0 Å². The highest BCUT2D eigenvalue weighted by molar-refractivity contribution is 6.29. The smallest absolute Gasteiger partial charge is 0.129 e. The van der Waals surface area contributed by atoms with E-state index in [-0.39, 0.29) is 6.61 Å². The van der Waals surface area contributed by atoms with E-state index in [1.807, 2.05) is 0 Å². The summed E-state index contributed by atoms with van der Waals surface area (Å²) in [5.74, 6) is 0.341. The minimum atomic E-state index is -0.131. The highest BCUT2D eigenvalue weighted by atomic mass is 35.5. The Morgan fingerprint density at radius 1 is 1.77 bits per heavy atom. The number of aliphatic hydroxyl groups is 1. The van der Waals surface area contributed by atoms with Crippen LogP contribution in [0.3, 0.4) is 0 Å². The van der Waals surface area contributed by atoms with E-state index in [0.717, 1.165) is 0 Å². The summed E-state index contributed by atoms with van der Waals surface area (Å²) in [6, 6.07) is 1.56. The number of aromatic nitrogens is 1. The number of halogens is 1. The van der Waals surface area contributed by atoms with E-state index < -0.39 is 0 Å². The molecule has 1 rings (SSSR count). The third-order valence-corrected chi connectivity index (χ3v) is 1.85. The number of rotatable bonds is 2. The zero-order valence-corrected chi connectivity index (χ0v) is 7.91. The van der Waals surface area contributed by atoms with Crippen LogP contribution in [0.15, 0.2) is 17.3 Å². The lowest BCUT2D eigenvalue weighted by Gasteiger charge is -2.05. The Bertz CT molecular complexity index is 338. The molecule has 0 unspecified atom stereocenters. The highest BCUT2D eigenvalue weighted by Crippen LogP contribution is 2.12. The maximum Gasteiger partial charge on any atom is 0.129 e. The van der Waals surface area contributed by atoms with Crippen molar-refractivity contribution in [2.75, 3.05) is 7.05 Å². The monoisotopic (exact) mass is 199 g/mol. The summed E-state index contributed by atoms with van der Waals surface area (Å²) in [4.78, 5) is 7.65. The van der Waals surface area contributed by atoms with Crippen LogP contribution in [-0.2, 0) is 6.61 Å². The van der Waals surface area contributed by atoms with Crippen LogP contribution in [0, 0.1) is 0 Å². The Balaban J connectivity index is 3.21. The van der Waals surface area contributed by atoms with E-state index >= 15 is 0 Å². The predicted octanol–water partition coefficient (Wildman–Crippen LogP) is 0.562. The Labute approximate surface area is 81.1 Å². The van der Waals surface area contributed by atoms with Crippen molar-refractivity contribution >= 4 is 17.4 Å². The van der Waals surface area contributed by atoms with Crippen molar-refractivity contribution in [1.82, 2.24) is 4.98 Å². The average Bonchev–Trinajstić information content (AvgIpc) is 2.16. The summed E-state index contributed by atoms with van der Waals surface area (Å²) in [6.07, 6.45) is 1.50. The first-order valence-corrected chi connectivity index (χ1v) is 4.04. The van der Waals surface area contributed by atoms with Gasteiger partial charge in [0.1, 0.15) is 11.0 Å². The molecule has 4 nitrogen and oxygen atoms in total. The van der Waals surface area contributed by atoms with Crippen LogP contribution >= 0.6 is 11.6 Å². The van der Waals surface area contributed by atoms with Gasteiger partial charge in [-0.1, -0.05) is 11.6 Å². The van der Waals surface area contributed by atoms with Crippen LogP contribution in [-0.4, -0.2) is 23.0 Å². The van der Waals surface area contributed by atoms with Crippen molar-refractivity contribution in [2.24, 2.45) is 10.7 Å². The Kier molecular flexibility index (Phi) is 3.22. The number of aliphatic hydroxyl groups excluding tert-OH is 1. The first-order valence-electron chi connectivity index (χ1n) is 3.67. The van der Waals surface area contributed by atoms with E-state index in [9.17, 15) is 0 Å². The molecule has 1 heterocycles. The van der Waals surface area contributed by atoms with Gasteiger partial charge in [-0.3, -0.25) is 4.99 Å². The first-order chi connectivity index (χ1) is 6.19. The molecule has 70 valence electrons. The second-order valence-electron chi connectivity index (χ2n) is 2.43. The van der Waals surface area contributed by atoms with Gasteiger partial charge in [0, 0.05) is 18.8 Å². The number of hydrogen-bond donors (Lipinski definition) is 2. The average molecular weight is 200 g/mol. The molecule has 0 aliphatic rings. The summed E-state index contributed by atoms with van der Waals surface area (Å²) in [7, 11) is 1.57. The van der Waals surface area contributed by atoms with Gasteiger partial charge in [0.05, 0.1) is 6.61 Å². The van der Waals surface area contributed by atoms with Gasteiger partial charge in [0.2, 0.25) is 0 Å². The van der Waals surface area contributed by atoms with Gasteiger partial charge in [0.15, 0.2) is 0 Å². The fourth-order valence-electron chi connectivity index (χ4n) is 0.950. The summed E-state index contributed by atoms with van der Waals surface area (Å²) < 4.78 is 0. The van der Waals surface area contributed by atoms with Gasteiger partial charge in [-0.05, 0) is 11.6 Å². The van der Waals surface area contributed by atoms with Gasteiger partial charge < -0.3 is 10.8 Å². The van der Waals surface area contributed by atoms with E-state index in [0.29, 0.717) is 22.1 Å². The molecule has 0 aliphatic heterocycles. The predicted molar refractivity (Wildman–Crippen MR) is 51.8 cm³/mol. The van der Waals surface area contributed by atoms with Gasteiger partial charge in [-0.25, -0.2) is 4.98 Å². The molecule has 0 spiro atoms. The SMILES string of the molecule is CN=C(N)c1cnc(Cl)cc1CO. The molecule has 3 N–H and O–H groups in total. The molecule has 0 aliphatic carbocycles. The van der Waals surface area contributed by atoms with E-state index in [4.69, 9.17) is 22.4 Å². The zero-order chi connectivity index (χ0) is 9.84. The number of pyridine rings is 1. The third-order valence-electron chi connectivity index (χ3n) is 1.64. The normalized spacial score (nSPS) is 11.8. The lowest BCUT2D eigenvalue weighted by atomic mass is 10.1. The maximum atomic E-state index is 8.99. The van der Waals surface area contributed by atoms with Crippen molar-refractivity contribution in [1.29, 1.82) is 0 Å². The van der Waals surface area contributed by atoms with Crippen LogP contribution in [0.25, 0.3) is 0 Å². The van der Waals surface area contributed by atoms with Gasteiger partial charge in [-0.2, -0.15) is 0 Å². The summed E-state index contributed by atoms with van der Waals surface area (Å²) in [5.41, 5.74) is 6.82. The summed E-state index contributed by atoms with van der Waals surface area (Å²) in [5, 5.41) is 9.32. The lowest BCUT2D eigenvalue weighted by molar-refractivity contribution is 0.281. The van der Waals surface area contributed by atoms with E-state index in [1.54, 1.807) is 13.1 Å². The number of amidine groups is 1. The van der Waals surface area contributed by atoms with Crippen molar-refractivity contribution in [3.05, 3.63) is 28.5 Å². The third kappa shape index (κ3) is 2.17. The topological polar surface area (TPSA) is 71.5 Å². The first kappa shape index (κ1) is 9.95. The van der Waals surface area contributed by atoms with Crippen molar-refractivity contribution in [3.8, 4) is 0 Å². The molecule has 0 radical (unpaired) electrons. The maximum absolute atomic E-state index is 8.99. The standard InChI is InChI=1S/C8H10ClN3O/c1-11-8(10)6-3-12-7(9)2-5(6)4-13/h2-3,13H,4H2,1H3,(H2,10,11). The number of aliphatic imine (C=N–C) groups is 1. The summed E-state index contributed by atoms with van der Waals surface area (Å²) in [6.45, 7) is -0.131. The Morgan fingerprint density at radius 2 is 2.46 bits per heavy atom. The molecular weight excluding hydrogens is 190 g/mol. The largest absolute Gasteiger partial charge is 0.392 e. The van der Waals surface area contributed by atoms with Gasteiger partial charge in [-0.15, -0.1) is 0 Å². The van der Waals surface area contributed by atoms with Crippen molar-refractivity contribution in [2.45, 2.75) is 6.61 Å². The van der Waals surface area contributed by atoms with Crippen LogP contribution in [0.2, 0.25) is 5.15 Å².